The van der Waals surface area contributed by atoms with E-state index in [4.69, 9.17) is 9.26 Å². The van der Waals surface area contributed by atoms with Crippen LogP contribution in [0.2, 0.25) is 0 Å². The van der Waals surface area contributed by atoms with E-state index in [0.29, 0.717) is 12.4 Å². The lowest BCUT2D eigenvalue weighted by molar-refractivity contribution is 0.0473. The molecule has 0 saturated heterocycles. The number of allylic oxidation sites excluding steroid dienone is 2. The first-order valence-corrected chi connectivity index (χ1v) is 6.37. The summed E-state index contributed by atoms with van der Waals surface area (Å²) in [6.45, 7) is 0.319. The lowest BCUT2D eigenvalue weighted by atomic mass is 10.1. The predicted molar refractivity (Wildman–Crippen MR) is 74.0 cm³/mol. The summed E-state index contributed by atoms with van der Waals surface area (Å²) in [7, 11) is 0. The van der Waals surface area contributed by atoms with Gasteiger partial charge in [0.05, 0.1) is 0 Å². The fourth-order valence-corrected chi connectivity index (χ4v) is 1.94. The van der Waals surface area contributed by atoms with Gasteiger partial charge in [-0.3, -0.25) is 0 Å². The topological polar surface area (TPSA) is 52.3 Å². The molecule has 0 bridgehead atoms. The number of nitrogens with zero attached hydrogens (tertiary/aromatic N) is 1. The molecule has 0 spiro atoms. The third-order valence-corrected chi connectivity index (χ3v) is 3.01. The van der Waals surface area contributed by atoms with E-state index in [1.165, 1.54) is 0 Å². The first-order valence-electron chi connectivity index (χ1n) is 6.37. The monoisotopic (exact) mass is 267 g/mol. The zero-order chi connectivity index (χ0) is 13.8. The van der Waals surface area contributed by atoms with Gasteiger partial charge >= 0.3 is 5.97 Å². The first-order chi connectivity index (χ1) is 9.83. The number of benzene rings is 1. The van der Waals surface area contributed by atoms with Crippen LogP contribution in [0.25, 0.3) is 11.3 Å². The number of carbonyl (C=O) groups excluding carboxylic acids is 1. The van der Waals surface area contributed by atoms with Crippen LogP contribution in [0.5, 0.6) is 0 Å². The molecule has 0 aliphatic heterocycles. The number of hydrogen-bond acceptors (Lipinski definition) is 4. The molecule has 4 nitrogen and oxygen atoms in total. The highest BCUT2D eigenvalue weighted by Crippen LogP contribution is 2.20. The Morgan fingerprint density at radius 3 is 2.70 bits per heavy atom. The Kier molecular flexibility index (Phi) is 3.46. The van der Waals surface area contributed by atoms with Crippen molar-refractivity contribution in [3.8, 4) is 11.3 Å². The minimum atomic E-state index is -0.468. The quantitative estimate of drug-likeness (QED) is 0.798. The summed E-state index contributed by atoms with van der Waals surface area (Å²) < 4.78 is 10.4. The molecule has 0 radical (unpaired) electrons. The number of ether oxygens (including phenoxy) is 1. The van der Waals surface area contributed by atoms with Gasteiger partial charge in [-0.25, -0.2) is 4.79 Å². The van der Waals surface area contributed by atoms with Crippen LogP contribution < -0.4 is 0 Å². The highest BCUT2D eigenvalue weighted by molar-refractivity contribution is 5.88. The van der Waals surface area contributed by atoms with Gasteiger partial charge in [-0.1, -0.05) is 59.8 Å². The average molecular weight is 267 g/mol. The summed E-state index contributed by atoms with van der Waals surface area (Å²) in [5, 5.41) is 3.75. The van der Waals surface area contributed by atoms with Gasteiger partial charge in [-0.15, -0.1) is 0 Å². The van der Waals surface area contributed by atoms with Crippen LogP contribution in [-0.2, 0) is 4.74 Å². The van der Waals surface area contributed by atoms with Gasteiger partial charge in [0.1, 0.15) is 6.61 Å². The van der Waals surface area contributed by atoms with Crippen molar-refractivity contribution in [3.63, 3.8) is 0 Å². The predicted octanol–water partition coefficient (Wildman–Crippen LogP) is 3.24. The largest absolute Gasteiger partial charge is 0.460 e. The first kappa shape index (κ1) is 12.4. The lowest BCUT2D eigenvalue weighted by Crippen LogP contribution is -2.11. The summed E-state index contributed by atoms with van der Waals surface area (Å²) in [6.07, 6.45) is 7.82. The summed E-state index contributed by atoms with van der Waals surface area (Å²) in [5.74, 6) is 0.238. The average Bonchev–Trinajstić information content (AvgIpc) is 3.17. The van der Waals surface area contributed by atoms with Gasteiger partial charge in [-0.2, -0.15) is 0 Å². The second-order valence-electron chi connectivity index (χ2n) is 4.47. The Bertz CT molecular complexity index is 643. The minimum absolute atomic E-state index is 0.152. The third-order valence-electron chi connectivity index (χ3n) is 3.01. The zero-order valence-corrected chi connectivity index (χ0v) is 10.7. The molecule has 0 fully saturated rings. The Morgan fingerprint density at radius 1 is 1.20 bits per heavy atom. The zero-order valence-electron chi connectivity index (χ0n) is 10.7. The van der Waals surface area contributed by atoms with E-state index >= 15 is 0 Å². The van der Waals surface area contributed by atoms with Gasteiger partial charge < -0.3 is 9.26 Å². The normalized spacial score (nSPS) is 13.8. The molecule has 1 aliphatic rings. The van der Waals surface area contributed by atoms with Crippen LogP contribution in [0, 0.1) is 5.92 Å². The molecule has 1 aromatic carbocycles. The minimum Gasteiger partial charge on any atom is -0.460 e. The van der Waals surface area contributed by atoms with Crippen LogP contribution in [0.3, 0.4) is 0 Å². The van der Waals surface area contributed by atoms with Crippen LogP contribution in [0.4, 0.5) is 0 Å². The molecule has 0 atom stereocenters. The van der Waals surface area contributed by atoms with Gasteiger partial charge in [0.15, 0.2) is 11.5 Å². The van der Waals surface area contributed by atoms with E-state index in [2.05, 4.69) is 5.16 Å². The lowest BCUT2D eigenvalue weighted by Gasteiger charge is -2.05. The van der Waals surface area contributed by atoms with Crippen LogP contribution in [0.15, 0.2) is 65.2 Å². The SMILES string of the molecule is O=C(OCC1C=CC=C1)c1cc(-c2ccccc2)on1. The number of rotatable bonds is 4. The molecular formula is C16H13NO3. The second-order valence-corrected chi connectivity index (χ2v) is 4.47. The number of hydrogen-bond donors (Lipinski definition) is 0. The molecule has 0 saturated carbocycles. The molecule has 1 aliphatic carbocycles. The molecule has 20 heavy (non-hydrogen) atoms. The maximum atomic E-state index is 11.9. The van der Waals surface area contributed by atoms with Gasteiger partial charge in [0.25, 0.3) is 0 Å². The molecular weight excluding hydrogens is 254 g/mol. The van der Waals surface area contributed by atoms with E-state index in [1.807, 2.05) is 54.6 Å². The van der Waals surface area contributed by atoms with Crippen LogP contribution in [-0.4, -0.2) is 17.7 Å². The van der Waals surface area contributed by atoms with Crippen molar-refractivity contribution in [2.75, 3.05) is 6.61 Å². The Labute approximate surface area is 116 Å². The Hall–Kier alpha value is -2.62. The van der Waals surface area contributed by atoms with Gasteiger partial charge in [-0.05, 0) is 0 Å². The van der Waals surface area contributed by atoms with Crippen molar-refractivity contribution in [2.24, 2.45) is 5.92 Å². The van der Waals surface area contributed by atoms with Gasteiger partial charge in [0.2, 0.25) is 0 Å². The molecule has 0 amide bonds. The highest BCUT2D eigenvalue weighted by Gasteiger charge is 2.16. The van der Waals surface area contributed by atoms with E-state index < -0.39 is 5.97 Å². The number of carbonyl (C=O) groups is 1. The fraction of sp³-hybridized carbons (Fsp3) is 0.125. The molecule has 0 unspecified atom stereocenters. The summed E-state index contributed by atoms with van der Waals surface area (Å²) in [4.78, 5) is 11.9. The van der Waals surface area contributed by atoms with Crippen molar-refractivity contribution in [1.82, 2.24) is 5.16 Å². The van der Waals surface area contributed by atoms with Crippen molar-refractivity contribution in [1.29, 1.82) is 0 Å². The van der Waals surface area contributed by atoms with E-state index in [0.717, 1.165) is 5.56 Å². The van der Waals surface area contributed by atoms with Gasteiger partial charge in [0, 0.05) is 17.5 Å². The van der Waals surface area contributed by atoms with Crippen molar-refractivity contribution in [2.45, 2.75) is 0 Å². The standard InChI is InChI=1S/C16H13NO3/c18-16(19-11-12-6-4-5-7-12)14-10-15(20-17-14)13-8-2-1-3-9-13/h1-10,12H,11H2. The van der Waals surface area contributed by atoms with E-state index in [9.17, 15) is 4.79 Å². The molecule has 2 aromatic rings. The summed E-state index contributed by atoms with van der Waals surface area (Å²) in [5.41, 5.74) is 1.07. The third kappa shape index (κ3) is 2.69. The molecule has 0 N–H and O–H groups in total. The van der Waals surface area contributed by atoms with Crippen molar-refractivity contribution < 1.29 is 14.1 Å². The maximum absolute atomic E-state index is 11.9. The summed E-state index contributed by atoms with van der Waals surface area (Å²) >= 11 is 0. The maximum Gasteiger partial charge on any atom is 0.360 e. The Morgan fingerprint density at radius 2 is 1.95 bits per heavy atom. The summed E-state index contributed by atoms with van der Waals surface area (Å²) in [6, 6.07) is 11.1. The van der Waals surface area contributed by atoms with Crippen molar-refractivity contribution in [3.05, 3.63) is 66.4 Å². The molecule has 100 valence electrons. The van der Waals surface area contributed by atoms with Crippen LogP contribution in [0.1, 0.15) is 10.5 Å². The van der Waals surface area contributed by atoms with E-state index in [1.54, 1.807) is 6.07 Å². The number of aromatic nitrogens is 1. The number of esters is 1. The second kappa shape index (κ2) is 5.57. The fourth-order valence-electron chi connectivity index (χ4n) is 1.94. The molecule has 3 rings (SSSR count). The van der Waals surface area contributed by atoms with Crippen molar-refractivity contribution >= 4 is 5.97 Å². The molecule has 1 aromatic heterocycles. The Balaban J connectivity index is 1.65. The van der Waals surface area contributed by atoms with E-state index in [-0.39, 0.29) is 11.6 Å². The highest BCUT2D eigenvalue weighted by atomic mass is 16.5. The smallest absolute Gasteiger partial charge is 0.360 e. The molecule has 1 heterocycles. The van der Waals surface area contributed by atoms with Crippen LogP contribution >= 0.6 is 0 Å². The molecule has 4 heteroatoms.